The van der Waals surface area contributed by atoms with Crippen LogP contribution in [0.3, 0.4) is 0 Å². The molecular weight excluding hydrogens is 412 g/mol. The SMILES string of the molecule is CCC(NC(=O)CSc1nnc(-c2cccs2)n1C1CC1)c1ccc(Cl)cc1. The Hall–Kier alpha value is -1.83. The molecule has 0 spiro atoms. The first-order valence-electron chi connectivity index (χ1n) is 9.32. The summed E-state index contributed by atoms with van der Waals surface area (Å²) in [4.78, 5) is 13.7. The van der Waals surface area contributed by atoms with Crippen LogP contribution in [0.4, 0.5) is 0 Å². The molecule has 0 aliphatic heterocycles. The Balaban J connectivity index is 1.41. The van der Waals surface area contributed by atoms with E-state index in [4.69, 9.17) is 11.6 Å². The first-order valence-corrected chi connectivity index (χ1v) is 11.6. The van der Waals surface area contributed by atoms with Gasteiger partial charge in [-0.25, -0.2) is 0 Å². The maximum absolute atomic E-state index is 12.5. The van der Waals surface area contributed by atoms with E-state index in [-0.39, 0.29) is 11.9 Å². The van der Waals surface area contributed by atoms with Gasteiger partial charge in [0, 0.05) is 11.1 Å². The van der Waals surface area contributed by atoms with E-state index in [2.05, 4.69) is 33.1 Å². The molecule has 1 unspecified atom stereocenters. The summed E-state index contributed by atoms with van der Waals surface area (Å²) >= 11 is 9.08. The van der Waals surface area contributed by atoms with Crippen molar-refractivity contribution in [2.24, 2.45) is 0 Å². The zero-order chi connectivity index (χ0) is 19.5. The first kappa shape index (κ1) is 19.5. The number of aromatic nitrogens is 3. The Morgan fingerprint density at radius 1 is 1.32 bits per heavy atom. The molecular formula is C20H21ClN4OS2. The molecule has 4 rings (SSSR count). The van der Waals surface area contributed by atoms with Crippen molar-refractivity contribution in [3.63, 3.8) is 0 Å². The quantitative estimate of drug-likeness (QED) is 0.487. The highest BCUT2D eigenvalue weighted by Gasteiger charge is 2.30. The highest BCUT2D eigenvalue weighted by molar-refractivity contribution is 7.99. The maximum atomic E-state index is 12.5. The van der Waals surface area contributed by atoms with Gasteiger partial charge in [-0.1, -0.05) is 48.5 Å². The van der Waals surface area contributed by atoms with Crippen molar-refractivity contribution in [2.75, 3.05) is 5.75 Å². The van der Waals surface area contributed by atoms with Gasteiger partial charge in [0.1, 0.15) is 0 Å². The van der Waals surface area contributed by atoms with Crippen molar-refractivity contribution in [1.82, 2.24) is 20.1 Å². The van der Waals surface area contributed by atoms with Crippen LogP contribution in [0.1, 0.15) is 43.8 Å². The molecule has 146 valence electrons. The lowest BCUT2D eigenvalue weighted by atomic mass is 10.0. The smallest absolute Gasteiger partial charge is 0.230 e. The topological polar surface area (TPSA) is 59.8 Å². The molecule has 0 radical (unpaired) electrons. The predicted molar refractivity (Wildman–Crippen MR) is 115 cm³/mol. The number of benzene rings is 1. The van der Waals surface area contributed by atoms with Gasteiger partial charge >= 0.3 is 0 Å². The zero-order valence-corrected chi connectivity index (χ0v) is 17.9. The molecule has 8 heteroatoms. The number of nitrogens with zero attached hydrogens (tertiary/aromatic N) is 3. The fourth-order valence-corrected chi connectivity index (χ4v) is 4.74. The average Bonchev–Trinajstić information content (AvgIpc) is 3.22. The molecule has 2 aromatic heterocycles. The van der Waals surface area contributed by atoms with Crippen LogP contribution in [0.15, 0.2) is 46.9 Å². The molecule has 28 heavy (non-hydrogen) atoms. The van der Waals surface area contributed by atoms with Crippen molar-refractivity contribution < 1.29 is 4.79 Å². The van der Waals surface area contributed by atoms with Crippen LogP contribution >= 0.6 is 34.7 Å². The summed E-state index contributed by atoms with van der Waals surface area (Å²) < 4.78 is 2.19. The molecule has 0 bridgehead atoms. The molecule has 1 aliphatic carbocycles. The molecule has 1 amide bonds. The monoisotopic (exact) mass is 432 g/mol. The molecule has 0 saturated heterocycles. The predicted octanol–water partition coefficient (Wildman–Crippen LogP) is 5.35. The third kappa shape index (κ3) is 4.42. The minimum absolute atomic E-state index is 0.00480. The van der Waals surface area contributed by atoms with Crippen LogP contribution in [0.2, 0.25) is 5.02 Å². The molecule has 1 aliphatic rings. The normalized spacial score (nSPS) is 14.8. The Labute approximate surface area is 177 Å². The second kappa shape index (κ2) is 8.68. The number of carbonyl (C=O) groups excluding carboxylic acids is 1. The molecule has 2 heterocycles. The summed E-state index contributed by atoms with van der Waals surface area (Å²) in [5.74, 6) is 1.22. The van der Waals surface area contributed by atoms with E-state index in [1.807, 2.05) is 35.7 Å². The van der Waals surface area contributed by atoms with Gasteiger partial charge in [0.25, 0.3) is 0 Å². The Kier molecular flexibility index (Phi) is 6.04. The number of hydrogen-bond acceptors (Lipinski definition) is 5. The minimum atomic E-state index is -0.0200. The number of amides is 1. The van der Waals surface area contributed by atoms with Crippen molar-refractivity contribution >= 4 is 40.6 Å². The number of thioether (sulfide) groups is 1. The van der Waals surface area contributed by atoms with E-state index in [0.717, 1.165) is 40.7 Å². The zero-order valence-electron chi connectivity index (χ0n) is 15.5. The van der Waals surface area contributed by atoms with Gasteiger partial charge in [-0.3, -0.25) is 9.36 Å². The third-order valence-corrected chi connectivity index (χ3v) is 6.73. The highest BCUT2D eigenvalue weighted by atomic mass is 35.5. The van der Waals surface area contributed by atoms with Crippen LogP contribution in [0, 0.1) is 0 Å². The standard InChI is InChI=1S/C20H21ClN4OS2/c1-2-16(13-5-7-14(21)8-6-13)22-18(26)12-28-20-24-23-19(17-4-3-11-27-17)25(20)15-9-10-15/h3-8,11,15-16H,2,9-10,12H2,1H3,(H,22,26). The largest absolute Gasteiger partial charge is 0.349 e. The van der Waals surface area contributed by atoms with Gasteiger partial charge in [-0.05, 0) is 48.4 Å². The summed E-state index contributed by atoms with van der Waals surface area (Å²) in [6.45, 7) is 2.06. The number of nitrogens with one attached hydrogen (secondary N) is 1. The van der Waals surface area contributed by atoms with Gasteiger partial charge in [0.05, 0.1) is 16.7 Å². The highest BCUT2D eigenvalue weighted by Crippen LogP contribution is 2.41. The summed E-state index contributed by atoms with van der Waals surface area (Å²) in [6, 6.07) is 12.1. The molecule has 1 aromatic carbocycles. The van der Waals surface area contributed by atoms with Gasteiger partial charge in [-0.15, -0.1) is 21.5 Å². The van der Waals surface area contributed by atoms with Gasteiger partial charge in [0.15, 0.2) is 11.0 Å². The van der Waals surface area contributed by atoms with Crippen LogP contribution in [-0.2, 0) is 4.79 Å². The van der Waals surface area contributed by atoms with Crippen LogP contribution < -0.4 is 5.32 Å². The summed E-state index contributed by atoms with van der Waals surface area (Å²) in [5.41, 5.74) is 1.06. The van der Waals surface area contributed by atoms with Crippen molar-refractivity contribution in [3.8, 4) is 10.7 Å². The van der Waals surface area contributed by atoms with E-state index in [9.17, 15) is 4.79 Å². The molecule has 1 fully saturated rings. The molecule has 5 nitrogen and oxygen atoms in total. The lowest BCUT2D eigenvalue weighted by molar-refractivity contribution is -0.119. The average molecular weight is 433 g/mol. The summed E-state index contributed by atoms with van der Waals surface area (Å²) in [7, 11) is 0. The number of thiophene rings is 1. The second-order valence-electron chi connectivity index (χ2n) is 6.75. The minimum Gasteiger partial charge on any atom is -0.349 e. The Morgan fingerprint density at radius 2 is 2.11 bits per heavy atom. The lowest BCUT2D eigenvalue weighted by Gasteiger charge is -2.17. The number of carbonyl (C=O) groups is 1. The summed E-state index contributed by atoms with van der Waals surface area (Å²) in [6.07, 6.45) is 3.11. The van der Waals surface area contributed by atoms with Crippen molar-refractivity contribution in [1.29, 1.82) is 0 Å². The molecule has 3 aromatic rings. The van der Waals surface area contributed by atoms with Crippen LogP contribution in [-0.4, -0.2) is 26.4 Å². The van der Waals surface area contributed by atoms with Crippen molar-refractivity contribution in [2.45, 2.75) is 43.4 Å². The molecule has 1 saturated carbocycles. The first-order chi connectivity index (χ1) is 13.7. The van der Waals surface area contributed by atoms with E-state index in [1.54, 1.807) is 11.3 Å². The van der Waals surface area contributed by atoms with E-state index < -0.39 is 0 Å². The van der Waals surface area contributed by atoms with E-state index in [1.165, 1.54) is 11.8 Å². The molecule has 1 atom stereocenters. The van der Waals surface area contributed by atoms with E-state index >= 15 is 0 Å². The number of hydrogen-bond donors (Lipinski definition) is 1. The van der Waals surface area contributed by atoms with E-state index in [0.29, 0.717) is 16.8 Å². The van der Waals surface area contributed by atoms with Crippen LogP contribution in [0.25, 0.3) is 10.7 Å². The summed E-state index contributed by atoms with van der Waals surface area (Å²) in [5, 5.41) is 15.4. The fraction of sp³-hybridized carbons (Fsp3) is 0.350. The van der Waals surface area contributed by atoms with Crippen molar-refractivity contribution in [3.05, 3.63) is 52.4 Å². The number of rotatable bonds is 8. The maximum Gasteiger partial charge on any atom is 0.230 e. The Bertz CT molecular complexity index is 936. The third-order valence-electron chi connectivity index (χ3n) is 4.67. The number of halogens is 1. The van der Waals surface area contributed by atoms with Gasteiger partial charge in [-0.2, -0.15) is 0 Å². The Morgan fingerprint density at radius 3 is 2.75 bits per heavy atom. The second-order valence-corrected chi connectivity index (χ2v) is 9.08. The fourth-order valence-electron chi connectivity index (χ4n) is 3.09. The lowest BCUT2D eigenvalue weighted by Crippen LogP contribution is -2.29. The van der Waals surface area contributed by atoms with Crippen LogP contribution in [0.5, 0.6) is 0 Å². The van der Waals surface area contributed by atoms with Gasteiger partial charge in [0.2, 0.25) is 5.91 Å². The van der Waals surface area contributed by atoms with Gasteiger partial charge < -0.3 is 5.32 Å². The molecule has 1 N–H and O–H groups in total.